The van der Waals surface area contributed by atoms with Crippen LogP contribution in [0.15, 0.2) is 36.5 Å². The van der Waals surface area contributed by atoms with Gasteiger partial charge in [0.1, 0.15) is 6.10 Å². The second-order valence-corrected chi connectivity index (χ2v) is 17.2. The van der Waals surface area contributed by atoms with Crippen LogP contribution in [0.3, 0.4) is 0 Å². The highest BCUT2D eigenvalue weighted by Crippen LogP contribution is 2.17. The van der Waals surface area contributed by atoms with Crippen LogP contribution in [-0.2, 0) is 14.3 Å². The van der Waals surface area contributed by atoms with E-state index >= 15 is 0 Å². The lowest BCUT2D eigenvalue weighted by Crippen LogP contribution is -2.46. The van der Waals surface area contributed by atoms with E-state index < -0.39 is 18.2 Å². The topological polar surface area (TPSA) is 95.9 Å². The smallest absolute Gasteiger partial charge is 0.306 e. The molecular weight excluding hydrogens is 719 g/mol. The Balaban J connectivity index is 4.64. The van der Waals surface area contributed by atoms with Gasteiger partial charge in [0.15, 0.2) is 0 Å². The predicted octanol–water partition coefficient (Wildman–Crippen LogP) is 14.9. The summed E-state index contributed by atoms with van der Waals surface area (Å²) < 4.78 is 5.90. The fourth-order valence-corrected chi connectivity index (χ4v) is 7.60. The van der Waals surface area contributed by atoms with Gasteiger partial charge in [0.2, 0.25) is 5.91 Å². The molecule has 0 aromatic carbocycles. The lowest BCUT2D eigenvalue weighted by molar-refractivity contribution is -0.151. The molecule has 0 rings (SSSR count). The molecule has 58 heavy (non-hydrogen) atoms. The number of nitrogens with one attached hydrogen (secondary N) is 1. The quantitative estimate of drug-likeness (QED) is 0.0246. The maximum Gasteiger partial charge on any atom is 0.306 e. The molecule has 0 aromatic rings. The van der Waals surface area contributed by atoms with E-state index in [1.54, 1.807) is 0 Å². The summed E-state index contributed by atoms with van der Waals surface area (Å²) in [5.74, 6) is -0.520. The second kappa shape index (κ2) is 46.2. The predicted molar refractivity (Wildman–Crippen MR) is 250 cm³/mol. The van der Waals surface area contributed by atoms with Gasteiger partial charge in [0.05, 0.1) is 25.2 Å². The standard InChI is InChI=1S/C52H97NO5/c1-4-7-10-13-16-19-22-24-26-28-30-33-36-39-42-45-52(57)58-48(43-40-37-34-31-29-27-25-23-20-17-14-11-8-5-2)46-51(56)53-49(47-54)50(55)44-41-38-35-32-21-18-15-12-9-6-3/h19,22,27,29,31,34,48-50,54-55H,4-18,20-21,23-26,28,30,32-33,35-47H2,1-3H3,(H,53,56)/b22-19-,29-27+,34-31+. The number of unbranched alkanes of at least 4 members (excludes halogenated alkanes) is 28. The van der Waals surface area contributed by atoms with Crippen LogP contribution in [0.5, 0.6) is 0 Å². The molecule has 0 aromatic heterocycles. The van der Waals surface area contributed by atoms with Crippen LogP contribution >= 0.6 is 0 Å². The third kappa shape index (κ3) is 40.8. The number of aliphatic hydroxyl groups is 2. The molecule has 0 radical (unpaired) electrons. The van der Waals surface area contributed by atoms with Crippen molar-refractivity contribution in [1.29, 1.82) is 0 Å². The van der Waals surface area contributed by atoms with Crippen molar-refractivity contribution >= 4 is 11.9 Å². The molecule has 0 saturated carbocycles. The van der Waals surface area contributed by atoms with E-state index in [2.05, 4.69) is 62.5 Å². The zero-order chi connectivity index (χ0) is 42.4. The maximum absolute atomic E-state index is 13.2. The molecule has 0 aliphatic rings. The number of rotatable bonds is 45. The van der Waals surface area contributed by atoms with E-state index in [0.29, 0.717) is 19.3 Å². The monoisotopic (exact) mass is 816 g/mol. The summed E-state index contributed by atoms with van der Waals surface area (Å²) in [6.07, 6.45) is 53.5. The van der Waals surface area contributed by atoms with Crippen LogP contribution in [0.25, 0.3) is 0 Å². The van der Waals surface area contributed by atoms with Gasteiger partial charge in [-0.25, -0.2) is 0 Å². The minimum absolute atomic E-state index is 0.0450. The van der Waals surface area contributed by atoms with Crippen LogP contribution in [0.1, 0.15) is 258 Å². The fraction of sp³-hybridized carbons (Fsp3) is 0.846. The Kier molecular flexibility index (Phi) is 44.6. The summed E-state index contributed by atoms with van der Waals surface area (Å²) in [6, 6.07) is -0.713. The minimum Gasteiger partial charge on any atom is -0.462 e. The molecule has 0 spiro atoms. The molecule has 6 nitrogen and oxygen atoms in total. The molecular formula is C52H97NO5. The van der Waals surface area contributed by atoms with Crippen molar-refractivity contribution in [1.82, 2.24) is 5.32 Å². The van der Waals surface area contributed by atoms with E-state index in [0.717, 1.165) is 57.8 Å². The Morgan fingerprint density at radius 2 is 0.897 bits per heavy atom. The van der Waals surface area contributed by atoms with E-state index in [1.165, 1.54) is 154 Å². The minimum atomic E-state index is -0.796. The highest BCUT2D eigenvalue weighted by atomic mass is 16.5. The number of esters is 1. The molecule has 6 heteroatoms. The van der Waals surface area contributed by atoms with Crippen molar-refractivity contribution in [2.75, 3.05) is 6.61 Å². The van der Waals surface area contributed by atoms with Gasteiger partial charge < -0.3 is 20.3 Å². The van der Waals surface area contributed by atoms with Gasteiger partial charge >= 0.3 is 5.97 Å². The van der Waals surface area contributed by atoms with E-state index in [9.17, 15) is 19.8 Å². The molecule has 1 amide bonds. The summed E-state index contributed by atoms with van der Waals surface area (Å²) >= 11 is 0. The molecule has 3 unspecified atom stereocenters. The van der Waals surface area contributed by atoms with Crippen molar-refractivity contribution in [2.45, 2.75) is 277 Å². The number of carbonyl (C=O) groups is 2. The zero-order valence-electron chi connectivity index (χ0n) is 38.7. The average molecular weight is 816 g/mol. The van der Waals surface area contributed by atoms with Gasteiger partial charge in [-0.05, 0) is 70.6 Å². The van der Waals surface area contributed by atoms with E-state index in [-0.39, 0.29) is 24.9 Å². The summed E-state index contributed by atoms with van der Waals surface area (Å²) in [5.41, 5.74) is 0. The Labute approximate surface area is 360 Å². The number of carbonyl (C=O) groups excluding carboxylic acids is 2. The van der Waals surface area contributed by atoms with Gasteiger partial charge in [-0.3, -0.25) is 9.59 Å². The first-order chi connectivity index (χ1) is 28.5. The van der Waals surface area contributed by atoms with Gasteiger partial charge in [0, 0.05) is 6.42 Å². The molecule has 340 valence electrons. The van der Waals surface area contributed by atoms with E-state index in [4.69, 9.17) is 4.74 Å². The third-order valence-electron chi connectivity index (χ3n) is 11.5. The molecule has 0 saturated heterocycles. The zero-order valence-corrected chi connectivity index (χ0v) is 38.7. The number of hydrogen-bond acceptors (Lipinski definition) is 5. The first-order valence-corrected chi connectivity index (χ1v) is 25.2. The fourth-order valence-electron chi connectivity index (χ4n) is 7.60. The maximum atomic E-state index is 13.2. The summed E-state index contributed by atoms with van der Waals surface area (Å²) in [4.78, 5) is 26.1. The number of aliphatic hydroxyl groups excluding tert-OH is 2. The molecule has 0 aliphatic carbocycles. The van der Waals surface area contributed by atoms with Gasteiger partial charge in [-0.1, -0.05) is 211 Å². The Hall–Kier alpha value is -1.92. The summed E-state index contributed by atoms with van der Waals surface area (Å²) in [5, 5.41) is 23.7. The summed E-state index contributed by atoms with van der Waals surface area (Å²) in [6.45, 7) is 6.44. The van der Waals surface area contributed by atoms with Crippen molar-refractivity contribution in [3.05, 3.63) is 36.5 Å². The van der Waals surface area contributed by atoms with Crippen molar-refractivity contribution < 1.29 is 24.5 Å². The van der Waals surface area contributed by atoms with Crippen LogP contribution < -0.4 is 5.32 Å². The third-order valence-corrected chi connectivity index (χ3v) is 11.5. The molecule has 3 N–H and O–H groups in total. The molecule has 3 atom stereocenters. The van der Waals surface area contributed by atoms with Crippen molar-refractivity contribution in [3.8, 4) is 0 Å². The molecule has 0 fully saturated rings. The number of amides is 1. The highest BCUT2D eigenvalue weighted by molar-refractivity contribution is 5.77. The number of ether oxygens (including phenoxy) is 1. The Bertz CT molecular complexity index is 961. The lowest BCUT2D eigenvalue weighted by Gasteiger charge is -2.24. The van der Waals surface area contributed by atoms with E-state index in [1.807, 2.05) is 0 Å². The van der Waals surface area contributed by atoms with Crippen LogP contribution in [-0.4, -0.2) is 46.9 Å². The Morgan fingerprint density at radius 1 is 0.500 bits per heavy atom. The first-order valence-electron chi connectivity index (χ1n) is 25.2. The number of hydrogen-bond donors (Lipinski definition) is 3. The second-order valence-electron chi connectivity index (χ2n) is 17.2. The van der Waals surface area contributed by atoms with Gasteiger partial charge in [-0.15, -0.1) is 0 Å². The van der Waals surface area contributed by atoms with Crippen LogP contribution in [0.4, 0.5) is 0 Å². The molecule has 0 bridgehead atoms. The average Bonchev–Trinajstić information content (AvgIpc) is 3.22. The molecule has 0 aliphatic heterocycles. The first kappa shape index (κ1) is 56.1. The lowest BCUT2D eigenvalue weighted by atomic mass is 10.0. The van der Waals surface area contributed by atoms with Gasteiger partial charge in [0.25, 0.3) is 0 Å². The Morgan fingerprint density at radius 3 is 1.38 bits per heavy atom. The van der Waals surface area contributed by atoms with Crippen LogP contribution in [0.2, 0.25) is 0 Å². The number of allylic oxidation sites excluding steroid dienone is 6. The van der Waals surface area contributed by atoms with Gasteiger partial charge in [-0.2, -0.15) is 0 Å². The summed E-state index contributed by atoms with van der Waals surface area (Å²) in [7, 11) is 0. The normalized spacial score (nSPS) is 13.5. The largest absolute Gasteiger partial charge is 0.462 e. The SMILES string of the molecule is CCCCCC/C=C\CCCCCCCCCC(=O)OC(CCC/C=C/C=C/CCCCCCCCC)CC(=O)NC(CO)C(O)CCCCCCCCCCCC. The van der Waals surface area contributed by atoms with Crippen molar-refractivity contribution in [3.63, 3.8) is 0 Å². The van der Waals surface area contributed by atoms with Crippen LogP contribution in [0, 0.1) is 0 Å². The van der Waals surface area contributed by atoms with Crippen molar-refractivity contribution in [2.24, 2.45) is 0 Å². The highest BCUT2D eigenvalue weighted by Gasteiger charge is 2.24. The molecule has 0 heterocycles.